The molecule has 0 amide bonds. The maximum Gasteiger partial charge on any atom is 0.307 e. The van der Waals surface area contributed by atoms with Crippen molar-refractivity contribution in [1.82, 2.24) is 0 Å². The first-order valence-electron chi connectivity index (χ1n) is 9.60. The molecule has 0 saturated carbocycles. The molecule has 0 fully saturated rings. The van der Waals surface area contributed by atoms with E-state index in [0.29, 0.717) is 6.42 Å². The van der Waals surface area contributed by atoms with Crippen molar-refractivity contribution in [3.05, 3.63) is 35.9 Å². The van der Waals surface area contributed by atoms with Gasteiger partial charge >= 0.3 is 5.97 Å². The van der Waals surface area contributed by atoms with Crippen molar-refractivity contribution >= 4 is 11.7 Å². The summed E-state index contributed by atoms with van der Waals surface area (Å²) in [6.07, 6.45) is 3.10. The minimum atomic E-state index is -0.749. The first kappa shape index (κ1) is 22.0. The summed E-state index contributed by atoms with van der Waals surface area (Å²) in [5.74, 6) is -0.935. The van der Waals surface area contributed by atoms with Gasteiger partial charge in [0.2, 0.25) is 0 Å². The number of hydrogen-bond donors (Lipinski definition) is 1. The number of aliphatic carboxylic acids is 1. The van der Waals surface area contributed by atoms with Gasteiger partial charge in [0.15, 0.2) is 0 Å². The van der Waals surface area contributed by atoms with E-state index in [-0.39, 0.29) is 17.8 Å². The van der Waals surface area contributed by atoms with Crippen LogP contribution >= 0.6 is 0 Å². The summed E-state index contributed by atoms with van der Waals surface area (Å²) >= 11 is 0. The molecule has 0 radical (unpaired) electrons. The SMILES string of the molecule is CCCC(C(=O)O)C(CC(C)c1ccccc1)/C(=N\N=NC)C(C)CC. The van der Waals surface area contributed by atoms with Crippen molar-refractivity contribution in [3.8, 4) is 0 Å². The van der Waals surface area contributed by atoms with Crippen molar-refractivity contribution in [1.29, 1.82) is 0 Å². The van der Waals surface area contributed by atoms with Gasteiger partial charge in [-0.1, -0.05) is 64.4 Å². The molecule has 5 heteroatoms. The molecule has 4 unspecified atom stereocenters. The second-order valence-corrected chi connectivity index (χ2v) is 7.01. The zero-order valence-corrected chi connectivity index (χ0v) is 16.7. The maximum absolute atomic E-state index is 12.0. The fourth-order valence-electron chi connectivity index (χ4n) is 3.44. The molecule has 0 aliphatic rings. The van der Waals surface area contributed by atoms with E-state index in [0.717, 1.165) is 25.0 Å². The Balaban J connectivity index is 3.28. The van der Waals surface area contributed by atoms with Gasteiger partial charge < -0.3 is 5.11 Å². The molecule has 1 N–H and O–H groups in total. The summed E-state index contributed by atoms with van der Waals surface area (Å²) in [5, 5.41) is 21.9. The van der Waals surface area contributed by atoms with E-state index in [1.54, 1.807) is 7.05 Å². The van der Waals surface area contributed by atoms with E-state index in [9.17, 15) is 9.90 Å². The Hall–Kier alpha value is -2.04. The summed E-state index contributed by atoms with van der Waals surface area (Å²) in [6, 6.07) is 10.2. The topological polar surface area (TPSA) is 74.4 Å². The van der Waals surface area contributed by atoms with Crippen LogP contribution in [0.15, 0.2) is 45.8 Å². The standard InChI is InChI=1S/C21H33N3O2/c1-6-11-18(21(25)26)19(20(15(3)7-2)23-24-22-5)14-16(4)17-12-9-8-10-13-17/h8-10,12-13,15-16,18-19H,6-7,11,14H2,1-5H3,(H,25,26)/b23-20-,24-22?. The van der Waals surface area contributed by atoms with Crippen molar-refractivity contribution in [2.75, 3.05) is 7.05 Å². The van der Waals surface area contributed by atoms with Gasteiger partial charge in [-0.25, -0.2) is 0 Å². The fourth-order valence-corrected chi connectivity index (χ4v) is 3.44. The Labute approximate surface area is 157 Å². The van der Waals surface area contributed by atoms with Crippen LogP contribution in [-0.4, -0.2) is 23.8 Å². The molecule has 0 bridgehead atoms. The largest absolute Gasteiger partial charge is 0.481 e. The summed E-state index contributed by atoms with van der Waals surface area (Å²) < 4.78 is 0. The minimum Gasteiger partial charge on any atom is -0.481 e. The monoisotopic (exact) mass is 359 g/mol. The molecule has 0 aromatic heterocycles. The van der Waals surface area contributed by atoms with Gasteiger partial charge in [0, 0.05) is 11.6 Å². The fraction of sp³-hybridized carbons (Fsp3) is 0.619. The van der Waals surface area contributed by atoms with Crippen molar-refractivity contribution < 1.29 is 9.90 Å². The molecule has 0 heterocycles. The van der Waals surface area contributed by atoms with Crippen LogP contribution in [0.3, 0.4) is 0 Å². The molecular weight excluding hydrogens is 326 g/mol. The molecule has 0 spiro atoms. The normalized spacial score (nSPS) is 17.0. The highest BCUT2D eigenvalue weighted by Crippen LogP contribution is 2.34. The Kier molecular flexibility index (Phi) is 9.78. The van der Waals surface area contributed by atoms with Crippen molar-refractivity contribution in [2.24, 2.45) is 33.2 Å². The molecule has 0 aliphatic carbocycles. The van der Waals surface area contributed by atoms with E-state index in [1.807, 2.05) is 25.1 Å². The van der Waals surface area contributed by atoms with E-state index in [4.69, 9.17) is 0 Å². The van der Waals surface area contributed by atoms with Gasteiger partial charge in [-0.2, -0.15) is 5.11 Å². The molecule has 1 aromatic carbocycles. The van der Waals surface area contributed by atoms with Gasteiger partial charge in [0.25, 0.3) is 0 Å². The predicted molar refractivity (Wildman–Crippen MR) is 107 cm³/mol. The maximum atomic E-state index is 12.0. The van der Waals surface area contributed by atoms with Crippen LogP contribution in [0.1, 0.15) is 64.9 Å². The third-order valence-electron chi connectivity index (χ3n) is 5.13. The average molecular weight is 360 g/mol. The first-order valence-corrected chi connectivity index (χ1v) is 9.60. The number of hydrogen-bond acceptors (Lipinski definition) is 3. The molecule has 5 nitrogen and oxygen atoms in total. The number of carboxylic acids is 1. The quantitative estimate of drug-likeness (QED) is 0.309. The van der Waals surface area contributed by atoms with Crippen molar-refractivity contribution in [3.63, 3.8) is 0 Å². The molecule has 4 atom stereocenters. The third kappa shape index (κ3) is 6.36. The van der Waals surface area contributed by atoms with Crippen LogP contribution in [0, 0.1) is 17.8 Å². The number of carbonyl (C=O) groups is 1. The first-order chi connectivity index (χ1) is 12.5. The van der Waals surface area contributed by atoms with Crippen LogP contribution in [0.5, 0.6) is 0 Å². The van der Waals surface area contributed by atoms with E-state index in [2.05, 4.69) is 48.3 Å². The van der Waals surface area contributed by atoms with Crippen LogP contribution in [0.2, 0.25) is 0 Å². The number of rotatable bonds is 11. The smallest absolute Gasteiger partial charge is 0.307 e. The highest BCUT2D eigenvalue weighted by Gasteiger charge is 2.34. The molecule has 0 aliphatic heterocycles. The summed E-state index contributed by atoms with van der Waals surface area (Å²) in [4.78, 5) is 12.0. The van der Waals surface area contributed by atoms with Crippen LogP contribution < -0.4 is 0 Å². The lowest BCUT2D eigenvalue weighted by molar-refractivity contribution is -0.143. The van der Waals surface area contributed by atoms with Crippen molar-refractivity contribution in [2.45, 2.75) is 59.3 Å². The number of nitrogens with zero attached hydrogens (tertiary/aromatic N) is 3. The van der Waals surface area contributed by atoms with Crippen LogP contribution in [-0.2, 0) is 4.79 Å². The van der Waals surface area contributed by atoms with E-state index in [1.165, 1.54) is 5.56 Å². The molecule has 1 rings (SSSR count). The predicted octanol–water partition coefficient (Wildman–Crippen LogP) is 5.78. The van der Waals surface area contributed by atoms with Gasteiger partial charge in [0.05, 0.1) is 13.0 Å². The minimum absolute atomic E-state index is 0.150. The third-order valence-corrected chi connectivity index (χ3v) is 5.13. The summed E-state index contributed by atoms with van der Waals surface area (Å²) in [7, 11) is 1.58. The highest BCUT2D eigenvalue weighted by molar-refractivity contribution is 5.92. The Bertz CT molecular complexity index is 599. The second-order valence-electron chi connectivity index (χ2n) is 7.01. The second kappa shape index (κ2) is 11.6. The zero-order chi connectivity index (χ0) is 19.5. The lowest BCUT2D eigenvalue weighted by Gasteiger charge is -2.30. The molecule has 0 saturated heterocycles. The van der Waals surface area contributed by atoms with Gasteiger partial charge in [-0.3, -0.25) is 4.79 Å². The molecule has 1 aromatic rings. The molecular formula is C21H33N3O2. The molecule has 144 valence electrons. The number of carboxylic acid groups (broad SMARTS) is 1. The Morgan fingerprint density at radius 1 is 1.12 bits per heavy atom. The lowest BCUT2D eigenvalue weighted by atomic mass is 9.74. The zero-order valence-electron chi connectivity index (χ0n) is 16.7. The van der Waals surface area contributed by atoms with E-state index < -0.39 is 11.9 Å². The van der Waals surface area contributed by atoms with Crippen LogP contribution in [0.25, 0.3) is 0 Å². The number of benzene rings is 1. The summed E-state index contributed by atoms with van der Waals surface area (Å²) in [6.45, 7) is 8.37. The Morgan fingerprint density at radius 3 is 2.27 bits per heavy atom. The van der Waals surface area contributed by atoms with E-state index >= 15 is 0 Å². The van der Waals surface area contributed by atoms with Crippen LogP contribution in [0.4, 0.5) is 0 Å². The molecule has 26 heavy (non-hydrogen) atoms. The van der Waals surface area contributed by atoms with Gasteiger partial charge in [0.1, 0.15) is 0 Å². The van der Waals surface area contributed by atoms with Gasteiger partial charge in [-0.15, -0.1) is 5.10 Å². The average Bonchev–Trinajstić information content (AvgIpc) is 2.65. The van der Waals surface area contributed by atoms with Gasteiger partial charge in [-0.05, 0) is 41.9 Å². The summed E-state index contributed by atoms with van der Waals surface area (Å²) in [5.41, 5.74) is 2.08. The Morgan fingerprint density at radius 2 is 1.77 bits per heavy atom. The lowest BCUT2D eigenvalue weighted by Crippen LogP contribution is -2.34. The highest BCUT2D eigenvalue weighted by atomic mass is 16.4.